The maximum atomic E-state index is 13.5. The fraction of sp³-hybridized carbons (Fsp3) is 0.355. The molecule has 0 aromatic heterocycles. The number of ether oxygens (including phenoxy) is 3. The first-order chi connectivity index (χ1) is 18.3. The summed E-state index contributed by atoms with van der Waals surface area (Å²) in [5, 5.41) is 8.73. The van der Waals surface area contributed by atoms with Gasteiger partial charge < -0.3 is 24.2 Å². The number of unbranched alkanes of at least 4 members (excludes halogenated alkanes) is 2. The Balaban J connectivity index is 1.66. The molecule has 0 aliphatic carbocycles. The van der Waals surface area contributed by atoms with E-state index in [1.54, 1.807) is 14.2 Å². The van der Waals surface area contributed by atoms with Crippen molar-refractivity contribution >= 4 is 11.9 Å². The predicted molar refractivity (Wildman–Crippen MR) is 148 cm³/mol. The van der Waals surface area contributed by atoms with Crippen LogP contribution in [0.25, 0.3) is 11.1 Å². The molecule has 0 bridgehead atoms. The van der Waals surface area contributed by atoms with Crippen molar-refractivity contribution in [3.63, 3.8) is 0 Å². The molecule has 7 nitrogen and oxygen atoms in total. The van der Waals surface area contributed by atoms with Crippen molar-refractivity contribution in [3.05, 3.63) is 77.9 Å². The minimum Gasteiger partial charge on any atom is -0.497 e. The molecule has 0 heterocycles. The molecule has 7 heteroatoms. The summed E-state index contributed by atoms with van der Waals surface area (Å²) in [6.45, 7) is 5.00. The number of amides is 1. The van der Waals surface area contributed by atoms with E-state index in [1.807, 2.05) is 85.5 Å². The molecule has 0 aliphatic rings. The summed E-state index contributed by atoms with van der Waals surface area (Å²) >= 11 is 0. The molecular formula is C31H37NO6. The Morgan fingerprint density at radius 2 is 1.50 bits per heavy atom. The van der Waals surface area contributed by atoms with Gasteiger partial charge in [0.05, 0.1) is 20.8 Å². The molecule has 0 atom stereocenters. The van der Waals surface area contributed by atoms with Crippen LogP contribution in [0.15, 0.2) is 66.7 Å². The molecule has 1 amide bonds. The SMILES string of the molecule is COc1cc(OC)cc(-c2ccc(C(=O)N(Cc3cccc(OCCCCCC(=O)O)c3)C(C)C)cc2)c1. The van der Waals surface area contributed by atoms with Crippen LogP contribution in [0.4, 0.5) is 0 Å². The standard InChI is InChI=1S/C31H37NO6/c1-22(2)32(21-23-9-8-10-27(17-23)38-16-7-5-6-11-30(33)34)31(35)25-14-12-24(13-15-25)26-18-28(36-3)20-29(19-26)37-4/h8-10,12-15,17-20,22H,5-7,11,16,21H2,1-4H3,(H,33,34). The highest BCUT2D eigenvalue weighted by molar-refractivity contribution is 5.95. The van der Waals surface area contributed by atoms with E-state index in [0.29, 0.717) is 36.6 Å². The first-order valence-corrected chi connectivity index (χ1v) is 12.9. The van der Waals surface area contributed by atoms with Gasteiger partial charge >= 0.3 is 5.97 Å². The van der Waals surface area contributed by atoms with Crippen LogP contribution >= 0.6 is 0 Å². The van der Waals surface area contributed by atoms with Crippen molar-refractivity contribution < 1.29 is 28.9 Å². The number of rotatable bonds is 14. The van der Waals surface area contributed by atoms with Gasteiger partial charge in [-0.05, 0) is 86.2 Å². The quantitative estimate of drug-likeness (QED) is 0.247. The predicted octanol–water partition coefficient (Wildman–Crippen LogP) is 6.45. The van der Waals surface area contributed by atoms with E-state index in [-0.39, 0.29) is 18.4 Å². The van der Waals surface area contributed by atoms with Gasteiger partial charge in [-0.25, -0.2) is 0 Å². The maximum Gasteiger partial charge on any atom is 0.303 e. The molecule has 38 heavy (non-hydrogen) atoms. The van der Waals surface area contributed by atoms with E-state index in [1.165, 1.54) is 0 Å². The van der Waals surface area contributed by atoms with Crippen LogP contribution in [0.2, 0.25) is 0 Å². The summed E-state index contributed by atoms with van der Waals surface area (Å²) in [7, 11) is 3.24. The van der Waals surface area contributed by atoms with Crippen molar-refractivity contribution in [2.45, 2.75) is 52.1 Å². The minimum absolute atomic E-state index is 0.00336. The third kappa shape index (κ3) is 8.26. The number of methoxy groups -OCH3 is 2. The molecule has 3 aromatic rings. The lowest BCUT2D eigenvalue weighted by Gasteiger charge is -2.27. The molecule has 3 rings (SSSR count). The summed E-state index contributed by atoms with van der Waals surface area (Å²) in [6, 6.07) is 21.0. The van der Waals surface area contributed by atoms with E-state index in [0.717, 1.165) is 35.3 Å². The van der Waals surface area contributed by atoms with E-state index < -0.39 is 5.97 Å². The molecule has 0 saturated carbocycles. The highest BCUT2D eigenvalue weighted by atomic mass is 16.5. The van der Waals surface area contributed by atoms with Gasteiger partial charge in [-0.1, -0.05) is 24.3 Å². The van der Waals surface area contributed by atoms with Crippen molar-refractivity contribution in [1.82, 2.24) is 4.90 Å². The van der Waals surface area contributed by atoms with Crippen molar-refractivity contribution in [1.29, 1.82) is 0 Å². The Morgan fingerprint density at radius 1 is 0.816 bits per heavy atom. The normalized spacial score (nSPS) is 10.8. The second kappa shape index (κ2) is 14.1. The lowest BCUT2D eigenvalue weighted by molar-refractivity contribution is -0.137. The average Bonchev–Trinajstić information content (AvgIpc) is 2.93. The molecular weight excluding hydrogens is 482 g/mol. The maximum absolute atomic E-state index is 13.5. The summed E-state index contributed by atoms with van der Waals surface area (Å²) in [5.41, 5.74) is 3.50. The Labute approximate surface area is 225 Å². The highest BCUT2D eigenvalue weighted by Gasteiger charge is 2.19. The van der Waals surface area contributed by atoms with Gasteiger partial charge in [-0.2, -0.15) is 0 Å². The molecule has 0 spiro atoms. The zero-order valence-corrected chi connectivity index (χ0v) is 22.6. The molecule has 202 valence electrons. The van der Waals surface area contributed by atoms with Gasteiger partial charge in [0, 0.05) is 30.6 Å². The third-order valence-electron chi connectivity index (χ3n) is 6.26. The summed E-state index contributed by atoms with van der Waals surface area (Å²) in [6.07, 6.45) is 2.45. The molecule has 3 aromatic carbocycles. The van der Waals surface area contributed by atoms with Gasteiger partial charge in [-0.3, -0.25) is 9.59 Å². The number of hydrogen-bond donors (Lipinski definition) is 1. The van der Waals surface area contributed by atoms with E-state index in [2.05, 4.69) is 0 Å². The van der Waals surface area contributed by atoms with Crippen LogP contribution in [0.1, 0.15) is 55.5 Å². The van der Waals surface area contributed by atoms with Crippen LogP contribution < -0.4 is 14.2 Å². The second-order valence-electron chi connectivity index (χ2n) is 9.41. The van der Waals surface area contributed by atoms with Crippen molar-refractivity contribution in [3.8, 4) is 28.4 Å². The minimum atomic E-state index is -0.767. The molecule has 0 unspecified atom stereocenters. The number of carbonyl (C=O) groups is 2. The number of nitrogens with zero attached hydrogens (tertiary/aromatic N) is 1. The number of carboxylic acid groups (broad SMARTS) is 1. The first kappa shape index (κ1) is 28.6. The highest BCUT2D eigenvalue weighted by Crippen LogP contribution is 2.30. The fourth-order valence-corrected chi connectivity index (χ4v) is 4.11. The van der Waals surface area contributed by atoms with Gasteiger partial charge in [0.15, 0.2) is 0 Å². The third-order valence-corrected chi connectivity index (χ3v) is 6.26. The zero-order valence-electron chi connectivity index (χ0n) is 22.6. The summed E-state index contributed by atoms with van der Waals surface area (Å²) in [4.78, 5) is 25.9. The van der Waals surface area contributed by atoms with Crippen molar-refractivity contribution in [2.75, 3.05) is 20.8 Å². The van der Waals surface area contributed by atoms with Crippen LogP contribution in [0.3, 0.4) is 0 Å². The number of carboxylic acids is 1. The fourth-order valence-electron chi connectivity index (χ4n) is 4.11. The number of aliphatic carboxylic acids is 1. The van der Waals surface area contributed by atoms with E-state index in [4.69, 9.17) is 19.3 Å². The first-order valence-electron chi connectivity index (χ1n) is 12.9. The number of benzene rings is 3. The Morgan fingerprint density at radius 3 is 2.11 bits per heavy atom. The Bertz CT molecular complexity index is 1180. The average molecular weight is 520 g/mol. The molecule has 0 aliphatic heterocycles. The Kier molecular flexibility index (Phi) is 10.6. The smallest absolute Gasteiger partial charge is 0.303 e. The number of carbonyl (C=O) groups excluding carboxylic acids is 1. The van der Waals surface area contributed by atoms with Crippen LogP contribution in [0, 0.1) is 0 Å². The molecule has 0 fully saturated rings. The summed E-state index contributed by atoms with van der Waals surface area (Å²) in [5.74, 6) is 1.34. The largest absolute Gasteiger partial charge is 0.497 e. The van der Waals surface area contributed by atoms with Gasteiger partial charge in [0.25, 0.3) is 5.91 Å². The lowest BCUT2D eigenvalue weighted by atomic mass is 10.0. The lowest BCUT2D eigenvalue weighted by Crippen LogP contribution is -2.36. The summed E-state index contributed by atoms with van der Waals surface area (Å²) < 4.78 is 16.6. The van der Waals surface area contributed by atoms with Gasteiger partial charge in [0.1, 0.15) is 17.2 Å². The molecule has 0 radical (unpaired) electrons. The van der Waals surface area contributed by atoms with Crippen LogP contribution in [-0.2, 0) is 11.3 Å². The van der Waals surface area contributed by atoms with Gasteiger partial charge in [0.2, 0.25) is 0 Å². The number of hydrogen-bond acceptors (Lipinski definition) is 5. The Hall–Kier alpha value is -4.00. The second-order valence-corrected chi connectivity index (χ2v) is 9.41. The van der Waals surface area contributed by atoms with Crippen LogP contribution in [-0.4, -0.2) is 48.8 Å². The van der Waals surface area contributed by atoms with E-state index >= 15 is 0 Å². The monoisotopic (exact) mass is 519 g/mol. The van der Waals surface area contributed by atoms with E-state index in [9.17, 15) is 9.59 Å². The molecule has 1 N–H and O–H groups in total. The van der Waals surface area contributed by atoms with Crippen LogP contribution in [0.5, 0.6) is 17.2 Å². The topological polar surface area (TPSA) is 85.3 Å². The zero-order chi connectivity index (χ0) is 27.5. The van der Waals surface area contributed by atoms with Gasteiger partial charge in [-0.15, -0.1) is 0 Å². The van der Waals surface area contributed by atoms with Crippen molar-refractivity contribution in [2.24, 2.45) is 0 Å². The molecule has 0 saturated heterocycles.